The monoisotopic (exact) mass is 438 g/mol. The van der Waals surface area contributed by atoms with Gasteiger partial charge >= 0.3 is 6.09 Å². The van der Waals surface area contributed by atoms with Gasteiger partial charge in [0.25, 0.3) is 5.91 Å². The Kier molecular flexibility index (Phi) is 6.08. The minimum absolute atomic E-state index is 0.194. The van der Waals surface area contributed by atoms with Gasteiger partial charge in [0, 0.05) is 23.3 Å². The highest BCUT2D eigenvalue weighted by Crippen LogP contribution is 2.37. The van der Waals surface area contributed by atoms with Crippen LogP contribution in [-0.2, 0) is 4.74 Å². The van der Waals surface area contributed by atoms with E-state index in [4.69, 9.17) is 14.2 Å². The van der Waals surface area contributed by atoms with Crippen LogP contribution in [0.15, 0.2) is 54.6 Å². The van der Waals surface area contributed by atoms with Crippen molar-refractivity contribution in [3.63, 3.8) is 0 Å². The molecular formula is C23H22N2O5S. The van der Waals surface area contributed by atoms with Gasteiger partial charge in [-0.3, -0.25) is 9.69 Å². The van der Waals surface area contributed by atoms with Crippen molar-refractivity contribution in [1.82, 2.24) is 0 Å². The lowest BCUT2D eigenvalue weighted by Gasteiger charge is -2.18. The number of fused-ring (bicyclic) bond motifs is 1. The van der Waals surface area contributed by atoms with Crippen LogP contribution in [0, 0.1) is 0 Å². The molecule has 0 unspecified atom stereocenters. The molecule has 1 aromatic heterocycles. The zero-order valence-corrected chi connectivity index (χ0v) is 18.0. The third-order valence-corrected chi connectivity index (χ3v) is 5.84. The molecule has 0 atom stereocenters. The average molecular weight is 439 g/mol. The Morgan fingerprint density at radius 2 is 1.77 bits per heavy atom. The van der Waals surface area contributed by atoms with Crippen LogP contribution >= 0.6 is 11.3 Å². The summed E-state index contributed by atoms with van der Waals surface area (Å²) in [5.74, 6) is 1.26. The normalized spacial score (nSPS) is 12.2. The van der Waals surface area contributed by atoms with Gasteiger partial charge in [-0.25, -0.2) is 4.79 Å². The lowest BCUT2D eigenvalue weighted by Crippen LogP contribution is -2.26. The van der Waals surface area contributed by atoms with Gasteiger partial charge < -0.3 is 19.5 Å². The summed E-state index contributed by atoms with van der Waals surface area (Å²) < 4.78 is 16.2. The fourth-order valence-electron chi connectivity index (χ4n) is 3.10. The maximum absolute atomic E-state index is 12.7. The molecular weight excluding hydrogens is 416 g/mol. The van der Waals surface area contributed by atoms with Gasteiger partial charge in [0.2, 0.25) is 0 Å². The third kappa shape index (κ3) is 4.64. The van der Waals surface area contributed by atoms with Crippen LogP contribution in [0.1, 0.15) is 16.6 Å². The lowest BCUT2D eigenvalue weighted by atomic mass is 10.1. The molecule has 7 nitrogen and oxygen atoms in total. The van der Waals surface area contributed by atoms with Crippen molar-refractivity contribution < 1.29 is 23.8 Å². The van der Waals surface area contributed by atoms with Crippen molar-refractivity contribution >= 4 is 34.7 Å². The van der Waals surface area contributed by atoms with Gasteiger partial charge in [0.1, 0.15) is 13.2 Å². The molecule has 31 heavy (non-hydrogen) atoms. The molecule has 8 heteroatoms. The molecule has 3 aromatic rings. The molecule has 0 spiro atoms. The van der Waals surface area contributed by atoms with Gasteiger partial charge in [-0.15, -0.1) is 11.3 Å². The smallest absolute Gasteiger partial charge is 0.413 e. The summed E-state index contributed by atoms with van der Waals surface area (Å²) in [5, 5.41) is 2.89. The van der Waals surface area contributed by atoms with E-state index in [2.05, 4.69) is 5.32 Å². The van der Waals surface area contributed by atoms with Gasteiger partial charge in [-0.05, 0) is 67.1 Å². The highest BCUT2D eigenvalue weighted by Gasteiger charge is 2.16. The number of rotatable bonds is 5. The van der Waals surface area contributed by atoms with E-state index < -0.39 is 6.09 Å². The number of carbonyl (C=O) groups excluding carboxylic acids is 2. The molecule has 2 aromatic carbocycles. The maximum atomic E-state index is 12.7. The van der Waals surface area contributed by atoms with E-state index in [0.29, 0.717) is 36.1 Å². The Labute approximate surface area is 184 Å². The van der Waals surface area contributed by atoms with Crippen molar-refractivity contribution in [1.29, 1.82) is 0 Å². The molecule has 1 N–H and O–H groups in total. The van der Waals surface area contributed by atoms with E-state index in [0.717, 1.165) is 21.9 Å². The number of nitrogens with one attached hydrogen (secondary N) is 1. The highest BCUT2D eigenvalue weighted by atomic mass is 32.1. The van der Waals surface area contributed by atoms with Crippen LogP contribution in [0.3, 0.4) is 0 Å². The minimum Gasteiger partial charge on any atom is -0.486 e. The maximum Gasteiger partial charge on any atom is 0.413 e. The van der Waals surface area contributed by atoms with Crippen molar-refractivity contribution in [3.8, 4) is 21.9 Å². The van der Waals surface area contributed by atoms with Crippen LogP contribution in [-0.4, -0.2) is 38.9 Å². The van der Waals surface area contributed by atoms with Crippen molar-refractivity contribution in [2.24, 2.45) is 0 Å². The molecule has 2 heterocycles. The van der Waals surface area contributed by atoms with E-state index in [9.17, 15) is 9.59 Å². The van der Waals surface area contributed by atoms with E-state index in [1.54, 1.807) is 44.3 Å². The van der Waals surface area contributed by atoms with Crippen molar-refractivity contribution in [3.05, 3.63) is 59.5 Å². The number of hydrogen-bond acceptors (Lipinski definition) is 6. The van der Waals surface area contributed by atoms with Crippen LogP contribution in [0.2, 0.25) is 0 Å². The van der Waals surface area contributed by atoms with E-state index in [1.165, 1.54) is 16.2 Å². The Morgan fingerprint density at radius 1 is 1.03 bits per heavy atom. The predicted molar refractivity (Wildman–Crippen MR) is 121 cm³/mol. The minimum atomic E-state index is -0.426. The summed E-state index contributed by atoms with van der Waals surface area (Å²) in [5.41, 5.74) is 2.29. The Morgan fingerprint density at radius 3 is 2.52 bits per heavy atom. The Hall–Kier alpha value is -3.52. The number of anilines is 2. The van der Waals surface area contributed by atoms with E-state index in [-0.39, 0.29) is 5.91 Å². The average Bonchev–Trinajstić information content (AvgIpc) is 3.29. The number of carbonyl (C=O) groups is 2. The predicted octanol–water partition coefficient (Wildman–Crippen LogP) is 5.03. The molecule has 0 saturated carbocycles. The summed E-state index contributed by atoms with van der Waals surface area (Å²) in [6, 6.07) is 16.5. The molecule has 0 fully saturated rings. The fraction of sp³-hybridized carbons (Fsp3) is 0.217. The third-order valence-electron chi connectivity index (χ3n) is 4.71. The number of benzene rings is 2. The Balaban J connectivity index is 1.43. The summed E-state index contributed by atoms with van der Waals surface area (Å²) in [6.45, 7) is 3.15. The first-order valence-corrected chi connectivity index (χ1v) is 10.7. The first-order valence-electron chi connectivity index (χ1n) is 9.87. The lowest BCUT2D eigenvalue weighted by molar-refractivity contribution is 0.103. The number of thiophene rings is 1. The molecule has 2 amide bonds. The molecule has 4 rings (SSSR count). The molecule has 0 saturated heterocycles. The van der Waals surface area contributed by atoms with Crippen LogP contribution in [0.4, 0.5) is 16.2 Å². The SMILES string of the molecule is CCOC(=O)N(C)c1ccc(NC(=O)c2ccc(-c3ccc4c(c3)OCCO4)s2)cc1. The van der Waals surface area contributed by atoms with Crippen LogP contribution in [0.25, 0.3) is 10.4 Å². The van der Waals surface area contributed by atoms with Gasteiger partial charge in [-0.2, -0.15) is 0 Å². The standard InChI is InChI=1S/C23H22N2O5S/c1-3-28-23(27)25(2)17-7-5-16(6-8-17)24-22(26)21-11-10-20(31-21)15-4-9-18-19(14-15)30-13-12-29-18/h4-11,14H,3,12-13H2,1-2H3,(H,24,26). The molecule has 0 aliphatic carbocycles. The highest BCUT2D eigenvalue weighted by molar-refractivity contribution is 7.17. The summed E-state index contributed by atoms with van der Waals surface area (Å²) in [7, 11) is 1.64. The number of amides is 2. The van der Waals surface area contributed by atoms with Crippen molar-refractivity contribution in [2.45, 2.75) is 6.92 Å². The van der Waals surface area contributed by atoms with E-state index >= 15 is 0 Å². The molecule has 160 valence electrons. The fourth-order valence-corrected chi connectivity index (χ4v) is 4.00. The second-order valence-corrected chi connectivity index (χ2v) is 7.87. The Bertz CT molecular complexity index is 1090. The molecule has 1 aliphatic rings. The molecule has 0 radical (unpaired) electrons. The number of nitrogens with zero attached hydrogens (tertiary/aromatic N) is 1. The van der Waals surface area contributed by atoms with Crippen molar-refractivity contribution in [2.75, 3.05) is 37.1 Å². The molecule has 0 bridgehead atoms. The van der Waals surface area contributed by atoms with Gasteiger partial charge in [-0.1, -0.05) is 0 Å². The van der Waals surface area contributed by atoms with Gasteiger partial charge in [0.05, 0.1) is 11.5 Å². The zero-order chi connectivity index (χ0) is 21.8. The topological polar surface area (TPSA) is 77.1 Å². The quantitative estimate of drug-likeness (QED) is 0.605. The summed E-state index contributed by atoms with van der Waals surface area (Å²) in [4.78, 5) is 27.5. The van der Waals surface area contributed by atoms with Crippen LogP contribution < -0.4 is 19.7 Å². The first-order chi connectivity index (χ1) is 15.0. The first kappa shape index (κ1) is 20.7. The molecule has 1 aliphatic heterocycles. The number of ether oxygens (including phenoxy) is 3. The summed E-state index contributed by atoms with van der Waals surface area (Å²) in [6.07, 6.45) is -0.426. The largest absolute Gasteiger partial charge is 0.486 e. The van der Waals surface area contributed by atoms with Crippen LogP contribution in [0.5, 0.6) is 11.5 Å². The van der Waals surface area contributed by atoms with Gasteiger partial charge in [0.15, 0.2) is 11.5 Å². The summed E-state index contributed by atoms with van der Waals surface area (Å²) >= 11 is 1.40. The number of hydrogen-bond donors (Lipinski definition) is 1. The van der Waals surface area contributed by atoms with E-state index in [1.807, 2.05) is 24.3 Å². The zero-order valence-electron chi connectivity index (χ0n) is 17.2. The second-order valence-electron chi connectivity index (χ2n) is 6.78. The second kappa shape index (κ2) is 9.09.